The van der Waals surface area contributed by atoms with Gasteiger partial charge in [-0.05, 0) is 24.3 Å². The molecule has 2 aromatic rings. The number of aromatic carboxylic acids is 1. The highest BCUT2D eigenvalue weighted by atomic mass is 19.1. The molecule has 1 heterocycles. The second kappa shape index (κ2) is 5.22. The topological polar surface area (TPSA) is 75.1 Å². The molecule has 2 N–H and O–H groups in total. The molecular formula is C12H10FN3O2. The summed E-state index contributed by atoms with van der Waals surface area (Å²) in [6.45, 7) is 0.411. The van der Waals surface area contributed by atoms with Crippen LogP contribution in [0.3, 0.4) is 0 Å². The van der Waals surface area contributed by atoms with Gasteiger partial charge in [-0.3, -0.25) is 0 Å². The van der Waals surface area contributed by atoms with Gasteiger partial charge in [0.1, 0.15) is 12.1 Å². The van der Waals surface area contributed by atoms with E-state index in [0.717, 1.165) is 11.8 Å². The van der Waals surface area contributed by atoms with E-state index in [1.165, 1.54) is 18.5 Å². The molecular weight excluding hydrogens is 237 g/mol. The molecule has 92 valence electrons. The minimum atomic E-state index is -1.28. The number of rotatable bonds is 4. The molecule has 2 rings (SSSR count). The molecule has 0 saturated carbocycles. The van der Waals surface area contributed by atoms with Gasteiger partial charge in [0, 0.05) is 11.9 Å². The summed E-state index contributed by atoms with van der Waals surface area (Å²) in [5.74, 6) is -2.05. The van der Waals surface area contributed by atoms with E-state index in [-0.39, 0.29) is 5.56 Å². The van der Waals surface area contributed by atoms with Crippen LogP contribution in [0, 0.1) is 5.82 Å². The first-order valence-electron chi connectivity index (χ1n) is 5.18. The standard InChI is InChI=1S/C12H10FN3O2/c13-11-5-8(1-2-10(11)12(17)18)15-6-9-3-4-14-7-16-9/h1-5,7,15H,6H2,(H,17,18). The van der Waals surface area contributed by atoms with Crippen molar-refractivity contribution in [2.45, 2.75) is 6.54 Å². The maximum absolute atomic E-state index is 13.4. The van der Waals surface area contributed by atoms with E-state index in [2.05, 4.69) is 15.3 Å². The number of anilines is 1. The Morgan fingerprint density at radius 3 is 2.83 bits per heavy atom. The van der Waals surface area contributed by atoms with Gasteiger partial charge in [0.05, 0.1) is 17.8 Å². The molecule has 0 fully saturated rings. The van der Waals surface area contributed by atoms with Crippen molar-refractivity contribution < 1.29 is 14.3 Å². The minimum Gasteiger partial charge on any atom is -0.478 e. The third kappa shape index (κ3) is 2.79. The van der Waals surface area contributed by atoms with Crippen molar-refractivity contribution in [3.8, 4) is 0 Å². The number of aromatic nitrogens is 2. The first-order valence-corrected chi connectivity index (χ1v) is 5.18. The Bertz CT molecular complexity index is 561. The largest absolute Gasteiger partial charge is 0.478 e. The van der Waals surface area contributed by atoms with Gasteiger partial charge in [0.25, 0.3) is 0 Å². The molecule has 5 nitrogen and oxygen atoms in total. The van der Waals surface area contributed by atoms with E-state index < -0.39 is 11.8 Å². The predicted molar refractivity (Wildman–Crippen MR) is 62.7 cm³/mol. The molecule has 0 spiro atoms. The highest BCUT2D eigenvalue weighted by molar-refractivity contribution is 5.88. The van der Waals surface area contributed by atoms with Crippen LogP contribution < -0.4 is 5.32 Å². The Balaban J connectivity index is 2.07. The third-order valence-electron chi connectivity index (χ3n) is 2.32. The molecule has 0 bridgehead atoms. The average molecular weight is 247 g/mol. The average Bonchev–Trinajstić information content (AvgIpc) is 2.37. The molecule has 0 aliphatic rings. The Hall–Kier alpha value is -2.50. The van der Waals surface area contributed by atoms with Crippen LogP contribution in [-0.2, 0) is 6.54 Å². The van der Waals surface area contributed by atoms with E-state index in [9.17, 15) is 9.18 Å². The zero-order valence-corrected chi connectivity index (χ0v) is 9.30. The maximum atomic E-state index is 13.4. The van der Waals surface area contributed by atoms with Crippen LogP contribution >= 0.6 is 0 Å². The van der Waals surface area contributed by atoms with Crippen LogP contribution in [0.15, 0.2) is 36.8 Å². The van der Waals surface area contributed by atoms with Crippen molar-refractivity contribution in [3.63, 3.8) is 0 Å². The lowest BCUT2D eigenvalue weighted by atomic mass is 10.2. The summed E-state index contributed by atoms with van der Waals surface area (Å²) < 4.78 is 13.4. The molecule has 0 radical (unpaired) electrons. The fourth-order valence-corrected chi connectivity index (χ4v) is 1.41. The Morgan fingerprint density at radius 1 is 1.39 bits per heavy atom. The number of nitrogens with zero attached hydrogens (tertiary/aromatic N) is 2. The maximum Gasteiger partial charge on any atom is 0.338 e. The molecule has 1 aromatic heterocycles. The van der Waals surface area contributed by atoms with Crippen LogP contribution in [-0.4, -0.2) is 21.0 Å². The predicted octanol–water partition coefficient (Wildman–Crippen LogP) is 1.93. The number of carboxylic acid groups (broad SMARTS) is 1. The zero-order valence-electron chi connectivity index (χ0n) is 9.30. The number of halogens is 1. The van der Waals surface area contributed by atoms with Crippen LogP contribution in [0.25, 0.3) is 0 Å². The molecule has 0 atom stereocenters. The van der Waals surface area contributed by atoms with E-state index in [0.29, 0.717) is 12.2 Å². The number of benzene rings is 1. The highest BCUT2D eigenvalue weighted by Crippen LogP contribution is 2.15. The Morgan fingerprint density at radius 2 is 2.22 bits per heavy atom. The lowest BCUT2D eigenvalue weighted by Crippen LogP contribution is -2.04. The van der Waals surface area contributed by atoms with Gasteiger partial charge < -0.3 is 10.4 Å². The summed E-state index contributed by atoms with van der Waals surface area (Å²) in [7, 11) is 0. The molecule has 0 aliphatic heterocycles. The smallest absolute Gasteiger partial charge is 0.338 e. The normalized spacial score (nSPS) is 10.1. The summed E-state index contributed by atoms with van der Waals surface area (Å²) in [5.41, 5.74) is 0.909. The Kier molecular flexibility index (Phi) is 3.47. The van der Waals surface area contributed by atoms with E-state index >= 15 is 0 Å². The second-order valence-electron chi connectivity index (χ2n) is 3.55. The summed E-state index contributed by atoms with van der Waals surface area (Å²) in [6, 6.07) is 5.60. The number of carbonyl (C=O) groups is 1. The zero-order chi connectivity index (χ0) is 13.0. The van der Waals surface area contributed by atoms with Gasteiger partial charge in [0.2, 0.25) is 0 Å². The van der Waals surface area contributed by atoms with Crippen molar-refractivity contribution in [1.82, 2.24) is 9.97 Å². The third-order valence-corrected chi connectivity index (χ3v) is 2.32. The summed E-state index contributed by atoms with van der Waals surface area (Å²) in [6.07, 6.45) is 3.03. The van der Waals surface area contributed by atoms with Crippen molar-refractivity contribution >= 4 is 11.7 Å². The lowest BCUT2D eigenvalue weighted by molar-refractivity contribution is 0.0692. The number of hydrogen-bond donors (Lipinski definition) is 2. The van der Waals surface area contributed by atoms with Gasteiger partial charge in [-0.1, -0.05) is 0 Å². The summed E-state index contributed by atoms with van der Waals surface area (Å²) in [5, 5.41) is 11.6. The fourth-order valence-electron chi connectivity index (χ4n) is 1.41. The van der Waals surface area contributed by atoms with Crippen molar-refractivity contribution in [3.05, 3.63) is 53.9 Å². The van der Waals surface area contributed by atoms with E-state index in [1.54, 1.807) is 12.3 Å². The second-order valence-corrected chi connectivity index (χ2v) is 3.55. The SMILES string of the molecule is O=C(O)c1ccc(NCc2ccncn2)cc1F. The van der Waals surface area contributed by atoms with Crippen LogP contribution in [0.1, 0.15) is 16.1 Å². The molecule has 1 aromatic carbocycles. The van der Waals surface area contributed by atoms with Gasteiger partial charge >= 0.3 is 5.97 Å². The Labute approximate surface area is 102 Å². The first-order chi connectivity index (χ1) is 8.66. The van der Waals surface area contributed by atoms with Crippen molar-refractivity contribution in [2.24, 2.45) is 0 Å². The lowest BCUT2D eigenvalue weighted by Gasteiger charge is -2.06. The first kappa shape index (κ1) is 12.0. The van der Waals surface area contributed by atoms with E-state index in [4.69, 9.17) is 5.11 Å². The van der Waals surface area contributed by atoms with Gasteiger partial charge in [-0.15, -0.1) is 0 Å². The summed E-state index contributed by atoms with van der Waals surface area (Å²) in [4.78, 5) is 18.4. The van der Waals surface area contributed by atoms with Crippen LogP contribution in [0.2, 0.25) is 0 Å². The quantitative estimate of drug-likeness (QED) is 0.863. The molecule has 6 heteroatoms. The minimum absolute atomic E-state index is 0.345. The van der Waals surface area contributed by atoms with Gasteiger partial charge in [-0.2, -0.15) is 0 Å². The fraction of sp³-hybridized carbons (Fsp3) is 0.0833. The molecule has 0 saturated heterocycles. The molecule has 0 aliphatic carbocycles. The van der Waals surface area contributed by atoms with Crippen LogP contribution in [0.4, 0.5) is 10.1 Å². The van der Waals surface area contributed by atoms with Crippen molar-refractivity contribution in [1.29, 1.82) is 0 Å². The molecule has 0 amide bonds. The number of carboxylic acids is 1. The van der Waals surface area contributed by atoms with E-state index in [1.807, 2.05) is 0 Å². The summed E-state index contributed by atoms with van der Waals surface area (Å²) >= 11 is 0. The van der Waals surface area contributed by atoms with Crippen molar-refractivity contribution in [2.75, 3.05) is 5.32 Å². The monoisotopic (exact) mass is 247 g/mol. The number of nitrogens with one attached hydrogen (secondary N) is 1. The number of hydrogen-bond acceptors (Lipinski definition) is 4. The van der Waals surface area contributed by atoms with Gasteiger partial charge in [-0.25, -0.2) is 19.2 Å². The molecule has 0 unspecified atom stereocenters. The van der Waals surface area contributed by atoms with Gasteiger partial charge in [0.15, 0.2) is 0 Å². The molecule has 18 heavy (non-hydrogen) atoms. The van der Waals surface area contributed by atoms with Crippen LogP contribution in [0.5, 0.6) is 0 Å². The highest BCUT2D eigenvalue weighted by Gasteiger charge is 2.10.